The summed E-state index contributed by atoms with van der Waals surface area (Å²) in [6, 6.07) is 20.3. The van der Waals surface area contributed by atoms with Crippen LogP contribution in [0.1, 0.15) is 66.3 Å². The molecule has 0 bridgehead atoms. The molecule has 3 aromatic carbocycles. The minimum atomic E-state index is -5.01. The van der Waals surface area contributed by atoms with E-state index in [-0.39, 0.29) is 23.6 Å². The smallest absolute Gasteiger partial charge is 0.346 e. The molecular weight excluding hydrogens is 596 g/mol. The summed E-state index contributed by atoms with van der Waals surface area (Å²) in [5.41, 5.74) is -2.25. The van der Waals surface area contributed by atoms with Gasteiger partial charge in [0.1, 0.15) is 0 Å². The monoisotopic (exact) mass is 631 g/mol. The van der Waals surface area contributed by atoms with E-state index < -0.39 is 40.8 Å². The van der Waals surface area contributed by atoms with Crippen molar-refractivity contribution in [2.75, 3.05) is 19.6 Å². The van der Waals surface area contributed by atoms with Crippen molar-refractivity contribution in [1.29, 1.82) is 0 Å². The van der Waals surface area contributed by atoms with Gasteiger partial charge in [0.05, 0.1) is 29.1 Å². The van der Waals surface area contributed by atoms with Crippen molar-refractivity contribution in [3.8, 4) is 0 Å². The molecule has 5 rings (SSSR count). The summed E-state index contributed by atoms with van der Waals surface area (Å²) in [6.45, 7) is 3.60. The van der Waals surface area contributed by atoms with Crippen LogP contribution in [-0.2, 0) is 34.0 Å². The zero-order valence-electron chi connectivity index (χ0n) is 24.8. The molecule has 0 aromatic heterocycles. The first-order valence-corrected chi connectivity index (χ1v) is 15.0. The molecule has 1 aliphatic heterocycles. The molecular formula is C34H35F6N3O2. The number of nitrogens with one attached hydrogen (secondary N) is 1. The summed E-state index contributed by atoms with van der Waals surface area (Å²) in [4.78, 5) is 30.8. The number of hydrogen-bond donors (Lipinski definition) is 1. The second-order valence-electron chi connectivity index (χ2n) is 12.0. The maximum Gasteiger partial charge on any atom is 0.416 e. The van der Waals surface area contributed by atoms with Crippen molar-refractivity contribution < 1.29 is 35.9 Å². The maximum atomic E-state index is 13.6. The van der Waals surface area contributed by atoms with E-state index in [9.17, 15) is 35.9 Å². The Morgan fingerprint density at radius 2 is 1.42 bits per heavy atom. The highest BCUT2D eigenvalue weighted by atomic mass is 19.4. The minimum Gasteiger partial charge on any atom is -0.346 e. The second kappa shape index (κ2) is 12.9. The largest absolute Gasteiger partial charge is 0.416 e. The SMILES string of the molecule is CC(C(=O)NC1(c2ccccc2)CCC(N2CCN(Cc3ccccc3)CC2=O)CC1)c1cc(C(F)(F)F)cc(C(F)(F)F)c1. The van der Waals surface area contributed by atoms with Crippen LogP contribution in [0.5, 0.6) is 0 Å². The van der Waals surface area contributed by atoms with Gasteiger partial charge in [-0.05, 0) is 67.5 Å². The van der Waals surface area contributed by atoms with Gasteiger partial charge in [-0.2, -0.15) is 26.3 Å². The Labute approximate surface area is 258 Å². The van der Waals surface area contributed by atoms with E-state index in [4.69, 9.17) is 0 Å². The average molecular weight is 632 g/mol. The summed E-state index contributed by atoms with van der Waals surface area (Å²) in [7, 11) is 0. The lowest BCUT2D eigenvalue weighted by Crippen LogP contribution is -2.57. The summed E-state index contributed by atoms with van der Waals surface area (Å²) in [5.74, 6) is -1.92. The lowest BCUT2D eigenvalue weighted by Gasteiger charge is -2.46. The first kappa shape index (κ1) is 32.5. The topological polar surface area (TPSA) is 52.7 Å². The van der Waals surface area contributed by atoms with Crippen LogP contribution in [0.3, 0.4) is 0 Å². The Bertz CT molecular complexity index is 1450. The van der Waals surface area contributed by atoms with Crippen molar-refractivity contribution in [2.24, 2.45) is 0 Å². The van der Waals surface area contributed by atoms with Gasteiger partial charge in [-0.25, -0.2) is 0 Å². The molecule has 2 amide bonds. The molecule has 1 N–H and O–H groups in total. The van der Waals surface area contributed by atoms with E-state index in [1.165, 1.54) is 6.92 Å². The fourth-order valence-electron chi connectivity index (χ4n) is 6.47. The summed E-state index contributed by atoms with van der Waals surface area (Å²) < 4.78 is 81.0. The Kier molecular flexibility index (Phi) is 9.30. The first-order valence-electron chi connectivity index (χ1n) is 15.0. The molecule has 0 spiro atoms. The number of hydrogen-bond acceptors (Lipinski definition) is 3. The van der Waals surface area contributed by atoms with Crippen molar-refractivity contribution >= 4 is 11.8 Å². The van der Waals surface area contributed by atoms with Gasteiger partial charge in [-0.15, -0.1) is 0 Å². The molecule has 240 valence electrons. The summed E-state index contributed by atoms with van der Waals surface area (Å²) >= 11 is 0. The Morgan fingerprint density at radius 3 is 1.96 bits per heavy atom. The molecule has 1 heterocycles. The molecule has 1 atom stereocenters. The van der Waals surface area contributed by atoms with Crippen LogP contribution in [0, 0.1) is 0 Å². The molecule has 1 unspecified atom stereocenters. The second-order valence-corrected chi connectivity index (χ2v) is 12.0. The summed E-state index contributed by atoms with van der Waals surface area (Å²) in [5, 5.41) is 3.02. The Balaban J connectivity index is 1.31. The first-order chi connectivity index (χ1) is 21.2. The quantitative estimate of drug-likeness (QED) is 0.283. The van der Waals surface area contributed by atoms with Gasteiger partial charge in [0.15, 0.2) is 0 Å². The number of alkyl halides is 6. The van der Waals surface area contributed by atoms with Gasteiger partial charge in [0.2, 0.25) is 11.8 Å². The number of carbonyl (C=O) groups excluding carboxylic acids is 2. The van der Waals surface area contributed by atoms with Gasteiger partial charge < -0.3 is 10.2 Å². The maximum absolute atomic E-state index is 13.6. The molecule has 1 saturated heterocycles. The molecule has 1 aliphatic carbocycles. The number of nitrogens with zero attached hydrogens (tertiary/aromatic N) is 2. The van der Waals surface area contributed by atoms with Crippen LogP contribution in [0.2, 0.25) is 0 Å². The van der Waals surface area contributed by atoms with Gasteiger partial charge in [-0.1, -0.05) is 60.7 Å². The van der Waals surface area contributed by atoms with E-state index in [0.29, 0.717) is 57.5 Å². The van der Waals surface area contributed by atoms with E-state index in [2.05, 4.69) is 10.2 Å². The highest BCUT2D eigenvalue weighted by Gasteiger charge is 2.43. The molecule has 11 heteroatoms. The lowest BCUT2D eigenvalue weighted by atomic mass is 9.74. The van der Waals surface area contributed by atoms with Crippen LogP contribution >= 0.6 is 0 Å². The summed E-state index contributed by atoms with van der Waals surface area (Å²) in [6.07, 6.45) is -7.96. The van der Waals surface area contributed by atoms with Gasteiger partial charge in [0.25, 0.3) is 0 Å². The predicted octanol–water partition coefficient (Wildman–Crippen LogP) is 7.13. The number of rotatable bonds is 7. The minimum absolute atomic E-state index is 0.0389. The molecule has 45 heavy (non-hydrogen) atoms. The van der Waals surface area contributed by atoms with E-state index >= 15 is 0 Å². The van der Waals surface area contributed by atoms with Crippen molar-refractivity contribution in [1.82, 2.24) is 15.1 Å². The van der Waals surface area contributed by atoms with Gasteiger partial charge in [0, 0.05) is 25.7 Å². The predicted molar refractivity (Wildman–Crippen MR) is 157 cm³/mol. The highest BCUT2D eigenvalue weighted by molar-refractivity contribution is 5.84. The van der Waals surface area contributed by atoms with Gasteiger partial charge >= 0.3 is 12.4 Å². The Morgan fingerprint density at radius 1 is 0.867 bits per heavy atom. The normalized spacial score (nSPS) is 22.2. The fourth-order valence-corrected chi connectivity index (χ4v) is 6.47. The number of halogens is 6. The molecule has 0 radical (unpaired) electrons. The van der Waals surface area contributed by atoms with Crippen LogP contribution < -0.4 is 5.32 Å². The zero-order valence-corrected chi connectivity index (χ0v) is 24.8. The molecule has 2 aliphatic rings. The standard InChI is InChI=1S/C34H35F6N3O2/c1-23(25-18-27(33(35,36)37)20-28(19-25)34(38,39)40)31(45)41-32(26-10-6-3-7-11-26)14-12-29(13-15-32)43-17-16-42(22-30(43)44)21-24-8-4-2-5-9-24/h2-11,18-20,23,29H,12-17,21-22H2,1H3,(H,41,45). The van der Waals surface area contributed by atoms with E-state index in [1.807, 2.05) is 65.6 Å². The molecule has 1 saturated carbocycles. The van der Waals surface area contributed by atoms with E-state index in [1.54, 1.807) is 0 Å². The molecule has 2 fully saturated rings. The number of benzene rings is 3. The number of carbonyl (C=O) groups is 2. The van der Waals surface area contributed by atoms with Gasteiger partial charge in [-0.3, -0.25) is 14.5 Å². The number of piperazine rings is 1. The third-order valence-corrected chi connectivity index (χ3v) is 9.03. The number of amides is 2. The molecule has 5 nitrogen and oxygen atoms in total. The molecule has 3 aromatic rings. The fraction of sp³-hybridized carbons (Fsp3) is 0.412. The van der Waals surface area contributed by atoms with Crippen molar-refractivity contribution in [3.05, 3.63) is 107 Å². The Hall–Kier alpha value is -3.86. The van der Waals surface area contributed by atoms with E-state index in [0.717, 1.165) is 17.7 Å². The lowest BCUT2D eigenvalue weighted by molar-refractivity contribution is -0.143. The van der Waals surface area contributed by atoms with Crippen LogP contribution in [0.15, 0.2) is 78.9 Å². The average Bonchev–Trinajstić information content (AvgIpc) is 3.01. The third-order valence-electron chi connectivity index (χ3n) is 9.03. The van der Waals surface area contributed by atoms with Crippen LogP contribution in [-0.4, -0.2) is 47.3 Å². The third kappa shape index (κ3) is 7.52. The van der Waals surface area contributed by atoms with Crippen LogP contribution in [0.25, 0.3) is 0 Å². The van der Waals surface area contributed by atoms with Crippen molar-refractivity contribution in [2.45, 2.75) is 69.0 Å². The van der Waals surface area contributed by atoms with Crippen molar-refractivity contribution in [3.63, 3.8) is 0 Å². The zero-order chi connectivity index (χ0) is 32.4. The highest BCUT2D eigenvalue weighted by Crippen LogP contribution is 2.41. The van der Waals surface area contributed by atoms with Crippen LogP contribution in [0.4, 0.5) is 26.3 Å².